The Morgan fingerprint density at radius 3 is 2.83 bits per heavy atom. The van der Waals surface area contributed by atoms with Crippen molar-refractivity contribution in [3.63, 3.8) is 0 Å². The van der Waals surface area contributed by atoms with Crippen LogP contribution >= 0.6 is 0 Å². The van der Waals surface area contributed by atoms with Crippen LogP contribution in [0, 0.1) is 5.92 Å². The molecule has 1 heterocycles. The molecule has 2 aromatic rings. The molecule has 1 aromatic heterocycles. The first-order valence-corrected chi connectivity index (χ1v) is 6.83. The van der Waals surface area contributed by atoms with Gasteiger partial charge in [-0.1, -0.05) is 26.0 Å². The van der Waals surface area contributed by atoms with E-state index in [9.17, 15) is 0 Å². The Hall–Kier alpha value is -1.35. The van der Waals surface area contributed by atoms with Gasteiger partial charge in [0.25, 0.3) is 0 Å². The monoisotopic (exact) mass is 245 g/mol. The van der Waals surface area contributed by atoms with Gasteiger partial charge >= 0.3 is 0 Å². The summed E-state index contributed by atoms with van der Waals surface area (Å²) in [6.07, 6.45) is 2.24. The van der Waals surface area contributed by atoms with Gasteiger partial charge in [0.15, 0.2) is 0 Å². The van der Waals surface area contributed by atoms with Crippen molar-refractivity contribution in [2.24, 2.45) is 13.0 Å². The van der Waals surface area contributed by atoms with E-state index >= 15 is 0 Å². The lowest BCUT2D eigenvalue weighted by Crippen LogP contribution is -2.21. The molecule has 3 nitrogen and oxygen atoms in total. The highest BCUT2D eigenvalue weighted by Crippen LogP contribution is 2.16. The van der Waals surface area contributed by atoms with Gasteiger partial charge < -0.3 is 9.88 Å². The Morgan fingerprint density at radius 2 is 2.11 bits per heavy atom. The van der Waals surface area contributed by atoms with Crippen molar-refractivity contribution in [1.29, 1.82) is 0 Å². The van der Waals surface area contributed by atoms with Crippen LogP contribution in [0.2, 0.25) is 0 Å². The smallest absolute Gasteiger partial charge is 0.109 e. The number of benzene rings is 1. The molecule has 0 spiro atoms. The molecule has 18 heavy (non-hydrogen) atoms. The van der Waals surface area contributed by atoms with Crippen molar-refractivity contribution in [2.45, 2.75) is 26.7 Å². The Balaban J connectivity index is 2.01. The third-order valence-electron chi connectivity index (χ3n) is 3.48. The Bertz CT molecular complexity index is 501. The zero-order chi connectivity index (χ0) is 13.0. The Kier molecular flexibility index (Phi) is 4.37. The summed E-state index contributed by atoms with van der Waals surface area (Å²) >= 11 is 0. The summed E-state index contributed by atoms with van der Waals surface area (Å²) in [4.78, 5) is 4.71. The van der Waals surface area contributed by atoms with Crippen LogP contribution in [0.15, 0.2) is 24.3 Å². The van der Waals surface area contributed by atoms with Crippen LogP contribution in [0.3, 0.4) is 0 Å². The van der Waals surface area contributed by atoms with Crippen molar-refractivity contribution >= 4 is 11.0 Å². The van der Waals surface area contributed by atoms with Crippen LogP contribution in [0.1, 0.15) is 26.1 Å². The average Bonchev–Trinajstić information content (AvgIpc) is 2.71. The number of nitrogens with zero attached hydrogens (tertiary/aromatic N) is 2. The molecule has 0 saturated carbocycles. The van der Waals surface area contributed by atoms with E-state index < -0.39 is 0 Å². The highest BCUT2D eigenvalue weighted by atomic mass is 15.1. The van der Waals surface area contributed by atoms with Crippen LogP contribution in [0.25, 0.3) is 11.0 Å². The Labute approximate surface area is 109 Å². The topological polar surface area (TPSA) is 29.9 Å². The maximum Gasteiger partial charge on any atom is 0.109 e. The molecule has 1 unspecified atom stereocenters. The highest BCUT2D eigenvalue weighted by Gasteiger charge is 2.08. The lowest BCUT2D eigenvalue weighted by atomic mass is 10.1. The first kappa shape index (κ1) is 13.1. The predicted octanol–water partition coefficient (Wildman–Crippen LogP) is 2.75. The molecular weight excluding hydrogens is 222 g/mol. The Morgan fingerprint density at radius 1 is 1.33 bits per heavy atom. The van der Waals surface area contributed by atoms with Crippen molar-refractivity contribution in [1.82, 2.24) is 14.9 Å². The van der Waals surface area contributed by atoms with E-state index in [2.05, 4.69) is 49.0 Å². The summed E-state index contributed by atoms with van der Waals surface area (Å²) in [5.74, 6) is 1.89. The minimum atomic E-state index is 0.699. The molecule has 0 amide bonds. The first-order chi connectivity index (χ1) is 8.72. The van der Waals surface area contributed by atoms with Gasteiger partial charge in [-0.15, -0.1) is 0 Å². The number of rotatable bonds is 6. The van der Waals surface area contributed by atoms with Crippen LogP contribution in [0.5, 0.6) is 0 Å². The second-order valence-corrected chi connectivity index (χ2v) is 5.03. The quantitative estimate of drug-likeness (QED) is 0.848. The van der Waals surface area contributed by atoms with E-state index in [-0.39, 0.29) is 0 Å². The van der Waals surface area contributed by atoms with E-state index in [0.717, 1.165) is 25.0 Å². The molecule has 0 aliphatic heterocycles. The standard InChI is InChI=1S/C15H23N3/c1-4-16-11-12(2)9-10-15-17-13-7-5-6-8-14(13)18(15)3/h5-8,12,16H,4,9-11H2,1-3H3. The number of para-hydroxylation sites is 2. The van der Waals surface area contributed by atoms with Crippen molar-refractivity contribution in [3.05, 3.63) is 30.1 Å². The van der Waals surface area contributed by atoms with Gasteiger partial charge in [-0.05, 0) is 37.6 Å². The molecule has 1 atom stereocenters. The maximum absolute atomic E-state index is 4.71. The van der Waals surface area contributed by atoms with Crippen LogP contribution in [-0.4, -0.2) is 22.6 Å². The molecule has 1 N–H and O–H groups in total. The van der Waals surface area contributed by atoms with E-state index in [4.69, 9.17) is 4.98 Å². The number of aromatic nitrogens is 2. The molecule has 2 rings (SSSR count). The minimum Gasteiger partial charge on any atom is -0.331 e. The van der Waals surface area contributed by atoms with Gasteiger partial charge in [0.05, 0.1) is 11.0 Å². The summed E-state index contributed by atoms with van der Waals surface area (Å²) in [6.45, 7) is 6.60. The summed E-state index contributed by atoms with van der Waals surface area (Å²) in [7, 11) is 2.11. The van der Waals surface area contributed by atoms with Gasteiger partial charge in [-0.3, -0.25) is 0 Å². The van der Waals surface area contributed by atoms with Gasteiger partial charge in [-0.2, -0.15) is 0 Å². The third-order valence-corrected chi connectivity index (χ3v) is 3.48. The summed E-state index contributed by atoms with van der Waals surface area (Å²) in [5.41, 5.74) is 2.33. The van der Waals surface area contributed by atoms with Gasteiger partial charge in [0, 0.05) is 13.5 Å². The normalized spacial score (nSPS) is 13.1. The summed E-state index contributed by atoms with van der Waals surface area (Å²) < 4.78 is 2.22. The van der Waals surface area contributed by atoms with Gasteiger partial charge in [0.2, 0.25) is 0 Å². The average molecular weight is 245 g/mol. The number of nitrogens with one attached hydrogen (secondary N) is 1. The second kappa shape index (κ2) is 6.01. The first-order valence-electron chi connectivity index (χ1n) is 6.83. The SMILES string of the molecule is CCNCC(C)CCc1nc2ccccc2n1C. The van der Waals surface area contributed by atoms with Crippen molar-refractivity contribution in [3.8, 4) is 0 Å². The van der Waals surface area contributed by atoms with Gasteiger partial charge in [-0.25, -0.2) is 4.98 Å². The largest absolute Gasteiger partial charge is 0.331 e. The van der Waals surface area contributed by atoms with Crippen molar-refractivity contribution in [2.75, 3.05) is 13.1 Å². The predicted molar refractivity (Wildman–Crippen MR) is 76.7 cm³/mol. The second-order valence-electron chi connectivity index (χ2n) is 5.03. The number of aryl methyl sites for hydroxylation is 2. The van der Waals surface area contributed by atoms with Crippen LogP contribution in [-0.2, 0) is 13.5 Å². The zero-order valence-electron chi connectivity index (χ0n) is 11.6. The molecule has 0 saturated heterocycles. The maximum atomic E-state index is 4.71. The van der Waals surface area contributed by atoms with E-state index in [1.807, 2.05) is 6.07 Å². The molecular formula is C15H23N3. The fourth-order valence-electron chi connectivity index (χ4n) is 2.29. The van der Waals surface area contributed by atoms with E-state index in [1.54, 1.807) is 0 Å². The van der Waals surface area contributed by atoms with Crippen LogP contribution in [0.4, 0.5) is 0 Å². The summed E-state index contributed by atoms with van der Waals surface area (Å²) in [5, 5.41) is 3.40. The van der Waals surface area contributed by atoms with Crippen LogP contribution < -0.4 is 5.32 Å². The zero-order valence-corrected chi connectivity index (χ0v) is 11.6. The summed E-state index contributed by atoms with van der Waals surface area (Å²) in [6, 6.07) is 8.34. The molecule has 0 radical (unpaired) electrons. The molecule has 0 bridgehead atoms. The number of hydrogen-bond donors (Lipinski definition) is 1. The van der Waals surface area contributed by atoms with Gasteiger partial charge in [0.1, 0.15) is 5.82 Å². The molecule has 0 fully saturated rings. The van der Waals surface area contributed by atoms with E-state index in [0.29, 0.717) is 5.92 Å². The molecule has 3 heteroatoms. The lowest BCUT2D eigenvalue weighted by molar-refractivity contribution is 0.481. The number of hydrogen-bond acceptors (Lipinski definition) is 2. The molecule has 1 aromatic carbocycles. The van der Waals surface area contributed by atoms with Crippen molar-refractivity contribution < 1.29 is 0 Å². The minimum absolute atomic E-state index is 0.699. The van der Waals surface area contributed by atoms with E-state index in [1.165, 1.54) is 17.8 Å². The number of imidazole rings is 1. The lowest BCUT2D eigenvalue weighted by Gasteiger charge is -2.11. The fourth-order valence-corrected chi connectivity index (χ4v) is 2.29. The molecule has 0 aliphatic carbocycles. The fraction of sp³-hybridized carbons (Fsp3) is 0.533. The third kappa shape index (κ3) is 2.91. The highest BCUT2D eigenvalue weighted by molar-refractivity contribution is 5.75. The molecule has 0 aliphatic rings. The molecule has 98 valence electrons. The number of fused-ring (bicyclic) bond motifs is 1.